The van der Waals surface area contributed by atoms with E-state index in [4.69, 9.17) is 11.6 Å². The topological polar surface area (TPSA) is 82.8 Å². The number of hydrogen-bond acceptors (Lipinski definition) is 6. The van der Waals surface area contributed by atoms with E-state index in [1.807, 2.05) is 6.92 Å². The first kappa shape index (κ1) is 21.6. The van der Waals surface area contributed by atoms with Crippen LogP contribution in [-0.2, 0) is 13.2 Å². The van der Waals surface area contributed by atoms with E-state index in [-0.39, 0.29) is 11.7 Å². The van der Waals surface area contributed by atoms with Crippen LogP contribution in [-0.4, -0.2) is 51.8 Å². The van der Waals surface area contributed by atoms with Gasteiger partial charge in [-0.3, -0.25) is 19.9 Å². The van der Waals surface area contributed by atoms with Crippen molar-refractivity contribution < 1.29 is 18.0 Å². The number of nitrogens with zero attached hydrogens (tertiary/aromatic N) is 5. The van der Waals surface area contributed by atoms with Gasteiger partial charge in [-0.05, 0) is 13.0 Å². The lowest BCUT2D eigenvalue weighted by atomic mass is 10.00. The maximum absolute atomic E-state index is 13.5. The third kappa shape index (κ3) is 3.97. The van der Waals surface area contributed by atoms with Crippen LogP contribution in [0.3, 0.4) is 0 Å². The number of amides is 1. The Morgan fingerprint density at radius 1 is 1.27 bits per heavy atom. The number of rotatable bonds is 3. The van der Waals surface area contributed by atoms with E-state index in [1.165, 1.54) is 19.2 Å². The number of hydrogen-bond donors (Lipinski definition) is 1. The zero-order chi connectivity index (χ0) is 22.2. The molecule has 0 atom stereocenters. The number of carbonyl (C=O) groups is 1. The molecular weight excluding hydrogens is 425 g/mol. The maximum atomic E-state index is 13.5. The highest BCUT2D eigenvalue weighted by Crippen LogP contribution is 2.38. The van der Waals surface area contributed by atoms with Gasteiger partial charge in [-0.1, -0.05) is 29.8 Å². The molecule has 30 heavy (non-hydrogen) atoms. The highest BCUT2D eigenvalue weighted by molar-refractivity contribution is 6.36. The molecule has 0 bridgehead atoms. The Bertz CT molecular complexity index is 1080. The molecular formula is C18H18ClF3N6O2. The van der Waals surface area contributed by atoms with Crippen molar-refractivity contribution in [1.82, 2.24) is 25.0 Å². The van der Waals surface area contributed by atoms with Gasteiger partial charge < -0.3 is 4.90 Å². The average molecular weight is 443 g/mol. The summed E-state index contributed by atoms with van der Waals surface area (Å²) in [5, 5.41) is 11.7. The van der Waals surface area contributed by atoms with Crippen LogP contribution in [0.1, 0.15) is 23.0 Å². The zero-order valence-electron chi connectivity index (χ0n) is 16.3. The fraction of sp³-hybridized carbons (Fsp3) is 0.333. The Kier molecular flexibility index (Phi) is 5.75. The number of alkyl halides is 3. The van der Waals surface area contributed by atoms with Crippen molar-refractivity contribution in [2.24, 2.45) is 12.1 Å². The first-order valence-corrected chi connectivity index (χ1v) is 9.21. The van der Waals surface area contributed by atoms with Crippen molar-refractivity contribution in [3.63, 3.8) is 0 Å². The Morgan fingerprint density at radius 2 is 1.93 bits per heavy atom. The van der Waals surface area contributed by atoms with Crippen molar-refractivity contribution in [1.29, 1.82) is 0 Å². The number of guanidine groups is 1. The molecule has 2 heterocycles. The number of benzene rings is 1. The Balaban J connectivity index is 2.11. The van der Waals surface area contributed by atoms with E-state index < -0.39 is 39.4 Å². The van der Waals surface area contributed by atoms with Gasteiger partial charge in [0.25, 0.3) is 11.5 Å². The number of halogens is 4. The molecule has 160 valence electrons. The van der Waals surface area contributed by atoms with Crippen molar-refractivity contribution in [3.05, 3.63) is 50.9 Å². The van der Waals surface area contributed by atoms with Crippen LogP contribution in [0.15, 0.2) is 34.2 Å². The van der Waals surface area contributed by atoms with E-state index in [2.05, 4.69) is 15.5 Å². The Labute approximate surface area is 174 Å². The molecule has 3 rings (SSSR count). The lowest BCUT2D eigenvalue weighted by Gasteiger charge is -2.18. The minimum absolute atomic E-state index is 0.244. The van der Waals surface area contributed by atoms with Crippen LogP contribution in [0.25, 0.3) is 11.1 Å². The zero-order valence-corrected chi connectivity index (χ0v) is 17.0. The summed E-state index contributed by atoms with van der Waals surface area (Å²) in [7, 11) is 2.94. The number of aromatic nitrogens is 2. The third-order valence-corrected chi connectivity index (χ3v) is 4.82. The standard InChI is InChI=1S/C18H18ClF3N6O2/c1-4-28-9-26(2)25-17(28)23-15(29)14-13(19)12(16(30)27(3)24-14)10-7-5-6-8-11(10)18(20,21)22/h5-8H,4,9H2,1-3H3,(H,23,25,29). The van der Waals surface area contributed by atoms with E-state index >= 15 is 0 Å². The van der Waals surface area contributed by atoms with Crippen molar-refractivity contribution in [2.75, 3.05) is 20.3 Å². The third-order valence-electron chi connectivity index (χ3n) is 4.45. The molecule has 8 nitrogen and oxygen atoms in total. The fourth-order valence-electron chi connectivity index (χ4n) is 3.03. The molecule has 0 unspecified atom stereocenters. The number of carbonyl (C=O) groups excluding carboxylic acids is 1. The Morgan fingerprint density at radius 3 is 2.57 bits per heavy atom. The molecule has 0 fully saturated rings. The molecule has 1 N–H and O–H groups in total. The smallest absolute Gasteiger partial charge is 0.322 e. The predicted octanol–water partition coefficient (Wildman–Crippen LogP) is 2.35. The molecule has 1 aromatic heterocycles. The summed E-state index contributed by atoms with van der Waals surface area (Å²) in [5.41, 5.74) is -3.17. The molecule has 0 spiro atoms. The average Bonchev–Trinajstić information content (AvgIpc) is 3.03. The lowest BCUT2D eigenvalue weighted by Crippen LogP contribution is -2.42. The highest BCUT2D eigenvalue weighted by Gasteiger charge is 2.35. The predicted molar refractivity (Wildman–Crippen MR) is 105 cm³/mol. The Hall–Kier alpha value is -3.08. The fourth-order valence-corrected chi connectivity index (χ4v) is 3.33. The first-order chi connectivity index (χ1) is 14.0. The van der Waals surface area contributed by atoms with E-state index in [1.54, 1.807) is 17.0 Å². The monoisotopic (exact) mass is 442 g/mol. The molecule has 1 aromatic carbocycles. The van der Waals surface area contributed by atoms with E-state index in [0.717, 1.165) is 16.8 Å². The second-order valence-corrected chi connectivity index (χ2v) is 6.92. The molecule has 0 saturated carbocycles. The minimum atomic E-state index is -4.72. The minimum Gasteiger partial charge on any atom is -0.322 e. The van der Waals surface area contributed by atoms with Gasteiger partial charge in [-0.25, -0.2) is 4.68 Å². The SMILES string of the molecule is CCN1CN(C)N=C1NC(=O)c1nn(C)c(=O)c(-c2ccccc2C(F)(F)F)c1Cl. The van der Waals surface area contributed by atoms with Crippen LogP contribution < -0.4 is 10.9 Å². The summed E-state index contributed by atoms with van der Waals surface area (Å²) in [4.78, 5) is 27.2. The molecule has 1 amide bonds. The summed E-state index contributed by atoms with van der Waals surface area (Å²) >= 11 is 6.25. The van der Waals surface area contributed by atoms with Gasteiger partial charge in [0, 0.05) is 26.2 Å². The van der Waals surface area contributed by atoms with Gasteiger partial charge in [-0.15, -0.1) is 5.10 Å². The molecule has 0 aliphatic carbocycles. The van der Waals surface area contributed by atoms with Crippen LogP contribution in [0.2, 0.25) is 5.02 Å². The normalized spacial score (nSPS) is 14.2. The quantitative estimate of drug-likeness (QED) is 0.789. The summed E-state index contributed by atoms with van der Waals surface area (Å²) < 4.78 is 41.2. The van der Waals surface area contributed by atoms with Gasteiger partial charge in [-0.2, -0.15) is 18.3 Å². The molecule has 1 aliphatic rings. The second-order valence-electron chi connectivity index (χ2n) is 6.54. The van der Waals surface area contributed by atoms with Crippen LogP contribution in [0, 0.1) is 0 Å². The summed E-state index contributed by atoms with van der Waals surface area (Å²) in [5.74, 6) is -0.553. The number of hydrazone groups is 1. The molecule has 0 saturated heterocycles. The maximum Gasteiger partial charge on any atom is 0.417 e. The highest BCUT2D eigenvalue weighted by atomic mass is 35.5. The van der Waals surface area contributed by atoms with Crippen LogP contribution >= 0.6 is 11.6 Å². The second kappa shape index (κ2) is 7.98. The summed E-state index contributed by atoms with van der Waals surface area (Å²) in [6, 6.07) is 4.52. The van der Waals surface area contributed by atoms with Gasteiger partial charge in [0.2, 0.25) is 5.96 Å². The lowest BCUT2D eigenvalue weighted by molar-refractivity contribution is -0.137. The molecule has 1 aliphatic heterocycles. The number of nitrogens with one attached hydrogen (secondary N) is 1. The van der Waals surface area contributed by atoms with E-state index in [0.29, 0.717) is 13.2 Å². The van der Waals surface area contributed by atoms with Gasteiger partial charge in [0.1, 0.15) is 6.67 Å². The molecule has 12 heteroatoms. The van der Waals surface area contributed by atoms with Gasteiger partial charge in [0.05, 0.1) is 16.1 Å². The van der Waals surface area contributed by atoms with Crippen LogP contribution in [0.5, 0.6) is 0 Å². The summed E-state index contributed by atoms with van der Waals surface area (Å²) in [6.07, 6.45) is -4.72. The van der Waals surface area contributed by atoms with Gasteiger partial charge >= 0.3 is 6.18 Å². The van der Waals surface area contributed by atoms with Gasteiger partial charge in [0.15, 0.2) is 5.69 Å². The largest absolute Gasteiger partial charge is 0.417 e. The van der Waals surface area contributed by atoms with E-state index in [9.17, 15) is 22.8 Å². The van der Waals surface area contributed by atoms with Crippen molar-refractivity contribution in [3.8, 4) is 11.1 Å². The van der Waals surface area contributed by atoms with Crippen LogP contribution in [0.4, 0.5) is 13.2 Å². The molecule has 0 radical (unpaired) electrons. The number of aryl methyl sites for hydroxylation is 1. The summed E-state index contributed by atoms with van der Waals surface area (Å²) in [6.45, 7) is 2.87. The van der Waals surface area contributed by atoms with Crippen molar-refractivity contribution in [2.45, 2.75) is 13.1 Å². The first-order valence-electron chi connectivity index (χ1n) is 8.84. The molecule has 2 aromatic rings. The van der Waals surface area contributed by atoms with Crippen molar-refractivity contribution >= 4 is 23.5 Å².